The van der Waals surface area contributed by atoms with Crippen molar-refractivity contribution in [1.82, 2.24) is 4.90 Å². The fraction of sp³-hybridized carbons (Fsp3) is 0.923. The average molecular weight is 242 g/mol. The Balaban J connectivity index is 2.40. The van der Waals surface area contributed by atoms with Crippen LogP contribution in [0.2, 0.25) is 0 Å². The molecule has 0 spiro atoms. The minimum Gasteiger partial charge on any atom is -0.384 e. The number of piperidine rings is 1. The molecule has 2 N–H and O–H groups in total. The zero-order valence-corrected chi connectivity index (χ0v) is 11.3. The highest BCUT2D eigenvalue weighted by Crippen LogP contribution is 2.19. The third-order valence-electron chi connectivity index (χ3n) is 3.87. The van der Waals surface area contributed by atoms with E-state index in [0.29, 0.717) is 5.92 Å². The molecule has 1 rings (SSSR count). The SMILES string of the molecule is CCC(C)C(N)C(=O)N1CCC(COC)CC1. The van der Waals surface area contributed by atoms with E-state index < -0.39 is 0 Å². The Morgan fingerprint density at radius 3 is 2.53 bits per heavy atom. The van der Waals surface area contributed by atoms with Crippen LogP contribution in [0.4, 0.5) is 0 Å². The molecule has 4 nitrogen and oxygen atoms in total. The van der Waals surface area contributed by atoms with Gasteiger partial charge in [0.1, 0.15) is 0 Å². The molecule has 0 aromatic heterocycles. The van der Waals surface area contributed by atoms with Gasteiger partial charge >= 0.3 is 0 Å². The van der Waals surface area contributed by atoms with E-state index in [9.17, 15) is 4.79 Å². The summed E-state index contributed by atoms with van der Waals surface area (Å²) in [4.78, 5) is 14.1. The molecular formula is C13H26N2O2. The lowest BCUT2D eigenvalue weighted by molar-refractivity contribution is -0.135. The summed E-state index contributed by atoms with van der Waals surface area (Å²) in [5, 5.41) is 0. The molecule has 0 aromatic rings. The van der Waals surface area contributed by atoms with E-state index in [2.05, 4.69) is 6.92 Å². The molecule has 4 heteroatoms. The van der Waals surface area contributed by atoms with Crippen LogP contribution in [0.3, 0.4) is 0 Å². The molecule has 100 valence electrons. The van der Waals surface area contributed by atoms with E-state index >= 15 is 0 Å². The predicted molar refractivity (Wildman–Crippen MR) is 68.6 cm³/mol. The number of carbonyl (C=O) groups is 1. The number of ether oxygens (including phenoxy) is 1. The standard InChI is InChI=1S/C13H26N2O2/c1-4-10(2)12(14)13(16)15-7-5-11(6-8-15)9-17-3/h10-12H,4-9,14H2,1-3H3. The minimum absolute atomic E-state index is 0.121. The van der Waals surface area contributed by atoms with Crippen LogP contribution in [0.1, 0.15) is 33.1 Å². The zero-order chi connectivity index (χ0) is 12.8. The van der Waals surface area contributed by atoms with Gasteiger partial charge in [0, 0.05) is 26.8 Å². The van der Waals surface area contributed by atoms with E-state index in [1.807, 2.05) is 11.8 Å². The first-order valence-corrected chi connectivity index (χ1v) is 6.63. The lowest BCUT2D eigenvalue weighted by Gasteiger charge is -2.34. The fourth-order valence-electron chi connectivity index (χ4n) is 2.26. The van der Waals surface area contributed by atoms with Crippen LogP contribution < -0.4 is 5.73 Å². The van der Waals surface area contributed by atoms with Crippen molar-refractivity contribution in [3.05, 3.63) is 0 Å². The Labute approximate surface area is 104 Å². The molecule has 1 saturated heterocycles. The predicted octanol–water partition coefficient (Wildman–Crippen LogP) is 1.24. The van der Waals surface area contributed by atoms with Crippen LogP contribution in [0, 0.1) is 11.8 Å². The number of nitrogens with two attached hydrogens (primary N) is 1. The first-order chi connectivity index (χ1) is 8.10. The van der Waals surface area contributed by atoms with E-state index in [1.165, 1.54) is 0 Å². The maximum absolute atomic E-state index is 12.1. The third kappa shape index (κ3) is 3.96. The van der Waals surface area contributed by atoms with Gasteiger partial charge in [-0.3, -0.25) is 4.79 Å². The number of hydrogen-bond donors (Lipinski definition) is 1. The normalized spacial score (nSPS) is 21.3. The van der Waals surface area contributed by atoms with Crippen LogP contribution in [0.15, 0.2) is 0 Å². The fourth-order valence-corrected chi connectivity index (χ4v) is 2.26. The molecule has 1 aliphatic heterocycles. The van der Waals surface area contributed by atoms with Crippen LogP contribution in [-0.4, -0.2) is 43.7 Å². The van der Waals surface area contributed by atoms with Gasteiger partial charge in [0.15, 0.2) is 0 Å². The van der Waals surface area contributed by atoms with Gasteiger partial charge < -0.3 is 15.4 Å². The van der Waals surface area contributed by atoms with Crippen LogP contribution >= 0.6 is 0 Å². The van der Waals surface area contributed by atoms with Crippen molar-refractivity contribution in [2.45, 2.75) is 39.2 Å². The Kier molecular flexibility index (Phi) is 5.92. The molecule has 0 aliphatic carbocycles. The van der Waals surface area contributed by atoms with E-state index in [-0.39, 0.29) is 17.9 Å². The molecule has 1 amide bonds. The van der Waals surface area contributed by atoms with Gasteiger partial charge in [-0.15, -0.1) is 0 Å². The quantitative estimate of drug-likeness (QED) is 0.789. The van der Waals surface area contributed by atoms with E-state index in [1.54, 1.807) is 7.11 Å². The second-order valence-corrected chi connectivity index (χ2v) is 5.14. The van der Waals surface area contributed by atoms with Gasteiger partial charge in [0.05, 0.1) is 6.04 Å². The average Bonchev–Trinajstić information content (AvgIpc) is 2.37. The summed E-state index contributed by atoms with van der Waals surface area (Å²) in [6, 6.07) is -0.334. The topological polar surface area (TPSA) is 55.6 Å². The van der Waals surface area contributed by atoms with Crippen LogP contribution in [0.5, 0.6) is 0 Å². The third-order valence-corrected chi connectivity index (χ3v) is 3.87. The molecule has 17 heavy (non-hydrogen) atoms. The lowest BCUT2D eigenvalue weighted by atomic mass is 9.94. The molecule has 0 radical (unpaired) electrons. The highest BCUT2D eigenvalue weighted by Gasteiger charge is 2.28. The Hall–Kier alpha value is -0.610. The number of methoxy groups -OCH3 is 1. The van der Waals surface area contributed by atoms with Crippen LogP contribution in [0.25, 0.3) is 0 Å². The van der Waals surface area contributed by atoms with Gasteiger partial charge in [-0.2, -0.15) is 0 Å². The number of rotatable bonds is 5. The molecule has 0 aromatic carbocycles. The number of likely N-dealkylation sites (tertiary alicyclic amines) is 1. The Morgan fingerprint density at radius 2 is 2.06 bits per heavy atom. The number of carbonyl (C=O) groups excluding carboxylic acids is 1. The number of hydrogen-bond acceptors (Lipinski definition) is 3. The van der Waals surface area contributed by atoms with Crippen molar-refractivity contribution in [3.8, 4) is 0 Å². The molecule has 1 heterocycles. The first-order valence-electron chi connectivity index (χ1n) is 6.63. The molecular weight excluding hydrogens is 216 g/mol. The summed E-state index contributed by atoms with van der Waals surface area (Å²) < 4.78 is 5.15. The molecule has 2 unspecified atom stereocenters. The molecule has 1 fully saturated rings. The Morgan fingerprint density at radius 1 is 1.47 bits per heavy atom. The second kappa shape index (κ2) is 6.97. The highest BCUT2D eigenvalue weighted by molar-refractivity contribution is 5.82. The largest absolute Gasteiger partial charge is 0.384 e. The first kappa shape index (κ1) is 14.5. The summed E-state index contributed by atoms with van der Waals surface area (Å²) in [6.07, 6.45) is 3.02. The second-order valence-electron chi connectivity index (χ2n) is 5.14. The van der Waals surface area contributed by atoms with Crippen molar-refractivity contribution in [2.24, 2.45) is 17.6 Å². The van der Waals surface area contributed by atoms with Gasteiger partial charge in [-0.05, 0) is 24.7 Å². The summed E-state index contributed by atoms with van der Waals surface area (Å²) >= 11 is 0. The van der Waals surface area contributed by atoms with Gasteiger partial charge in [-0.25, -0.2) is 0 Å². The molecule has 1 aliphatic rings. The Bertz CT molecular complexity index is 238. The summed E-state index contributed by atoms with van der Waals surface area (Å²) in [5.74, 6) is 0.985. The maximum atomic E-state index is 12.1. The van der Waals surface area contributed by atoms with Crippen molar-refractivity contribution in [1.29, 1.82) is 0 Å². The van der Waals surface area contributed by atoms with Gasteiger partial charge in [0.2, 0.25) is 5.91 Å². The number of amides is 1. The smallest absolute Gasteiger partial charge is 0.239 e. The molecule has 2 atom stereocenters. The molecule has 0 bridgehead atoms. The van der Waals surface area contributed by atoms with Crippen molar-refractivity contribution in [2.75, 3.05) is 26.8 Å². The summed E-state index contributed by atoms with van der Waals surface area (Å²) in [5.41, 5.74) is 5.98. The minimum atomic E-state index is -0.334. The highest BCUT2D eigenvalue weighted by atomic mass is 16.5. The van der Waals surface area contributed by atoms with Gasteiger partial charge in [-0.1, -0.05) is 20.3 Å². The van der Waals surface area contributed by atoms with Crippen molar-refractivity contribution in [3.63, 3.8) is 0 Å². The maximum Gasteiger partial charge on any atom is 0.239 e. The summed E-state index contributed by atoms with van der Waals surface area (Å²) in [6.45, 7) is 6.58. The van der Waals surface area contributed by atoms with E-state index in [0.717, 1.165) is 39.0 Å². The van der Waals surface area contributed by atoms with Crippen molar-refractivity contribution >= 4 is 5.91 Å². The van der Waals surface area contributed by atoms with Crippen LogP contribution in [-0.2, 0) is 9.53 Å². The monoisotopic (exact) mass is 242 g/mol. The van der Waals surface area contributed by atoms with E-state index in [4.69, 9.17) is 10.5 Å². The molecule has 0 saturated carbocycles. The van der Waals surface area contributed by atoms with Crippen molar-refractivity contribution < 1.29 is 9.53 Å². The number of nitrogens with zero attached hydrogens (tertiary/aromatic N) is 1. The van der Waals surface area contributed by atoms with Gasteiger partial charge in [0.25, 0.3) is 0 Å². The lowest BCUT2D eigenvalue weighted by Crippen LogP contribution is -2.49. The summed E-state index contributed by atoms with van der Waals surface area (Å²) in [7, 11) is 1.73. The zero-order valence-electron chi connectivity index (χ0n) is 11.3.